The summed E-state index contributed by atoms with van der Waals surface area (Å²) in [5, 5.41) is 9.75. The van der Waals surface area contributed by atoms with Crippen molar-refractivity contribution in [1.29, 1.82) is 0 Å². The first kappa shape index (κ1) is 15.4. The van der Waals surface area contributed by atoms with Gasteiger partial charge in [0.2, 0.25) is 0 Å². The lowest BCUT2D eigenvalue weighted by molar-refractivity contribution is -0.149. The Bertz CT molecular complexity index is 477. The second-order valence-corrected chi connectivity index (χ2v) is 6.49. The molecule has 0 aromatic heterocycles. The fourth-order valence-electron chi connectivity index (χ4n) is 3.05. The number of rotatable bonds is 4. The first-order valence-electron chi connectivity index (χ1n) is 7.13. The monoisotopic (exact) mass is 340 g/mol. The second-order valence-electron chi connectivity index (χ2n) is 5.63. The van der Waals surface area contributed by atoms with Gasteiger partial charge in [-0.2, -0.15) is 0 Å². The van der Waals surface area contributed by atoms with E-state index in [1.165, 1.54) is 0 Å². The SMILES string of the molecule is COc1ccc(Br)c(CC2(C(=O)O)CCCCCC2)c1. The van der Waals surface area contributed by atoms with Crippen molar-refractivity contribution in [2.75, 3.05) is 7.11 Å². The first-order chi connectivity index (χ1) is 9.57. The van der Waals surface area contributed by atoms with E-state index in [1.54, 1.807) is 7.11 Å². The summed E-state index contributed by atoms with van der Waals surface area (Å²) in [6, 6.07) is 5.76. The zero-order valence-corrected chi connectivity index (χ0v) is 13.4. The summed E-state index contributed by atoms with van der Waals surface area (Å²) in [5.41, 5.74) is 0.402. The van der Waals surface area contributed by atoms with E-state index in [9.17, 15) is 9.90 Å². The summed E-state index contributed by atoms with van der Waals surface area (Å²) in [6.07, 6.45) is 6.42. The molecule has 2 rings (SSSR count). The molecule has 0 spiro atoms. The lowest BCUT2D eigenvalue weighted by atomic mass is 9.75. The Balaban J connectivity index is 2.30. The minimum Gasteiger partial charge on any atom is -0.497 e. The van der Waals surface area contributed by atoms with E-state index < -0.39 is 11.4 Å². The maximum Gasteiger partial charge on any atom is 0.309 e. The van der Waals surface area contributed by atoms with Crippen LogP contribution >= 0.6 is 15.9 Å². The third-order valence-electron chi connectivity index (χ3n) is 4.30. The summed E-state index contributed by atoms with van der Waals surface area (Å²) in [7, 11) is 1.63. The van der Waals surface area contributed by atoms with E-state index in [0.717, 1.165) is 54.3 Å². The molecule has 1 aliphatic carbocycles. The molecular weight excluding hydrogens is 320 g/mol. The minimum absolute atomic E-state index is 0.570. The first-order valence-corrected chi connectivity index (χ1v) is 7.92. The summed E-state index contributed by atoms with van der Waals surface area (Å²) >= 11 is 3.53. The number of aliphatic carboxylic acids is 1. The molecule has 20 heavy (non-hydrogen) atoms. The molecule has 1 fully saturated rings. The molecule has 1 aromatic carbocycles. The van der Waals surface area contributed by atoms with Gasteiger partial charge in [-0.25, -0.2) is 0 Å². The van der Waals surface area contributed by atoms with Crippen LogP contribution in [-0.4, -0.2) is 18.2 Å². The summed E-state index contributed by atoms with van der Waals surface area (Å²) in [6.45, 7) is 0. The van der Waals surface area contributed by atoms with Crippen LogP contribution in [0.25, 0.3) is 0 Å². The van der Waals surface area contributed by atoms with Gasteiger partial charge >= 0.3 is 5.97 Å². The molecule has 0 saturated heterocycles. The zero-order valence-electron chi connectivity index (χ0n) is 11.8. The van der Waals surface area contributed by atoms with Crippen LogP contribution in [0.15, 0.2) is 22.7 Å². The molecule has 0 heterocycles. The van der Waals surface area contributed by atoms with E-state index in [2.05, 4.69) is 15.9 Å². The Labute approximate surface area is 128 Å². The Hall–Kier alpha value is -1.03. The zero-order chi connectivity index (χ0) is 14.6. The highest BCUT2D eigenvalue weighted by atomic mass is 79.9. The minimum atomic E-state index is -0.658. The van der Waals surface area contributed by atoms with Crippen LogP contribution in [0.3, 0.4) is 0 Å². The molecule has 0 unspecified atom stereocenters. The molecule has 3 nitrogen and oxygen atoms in total. The summed E-state index contributed by atoms with van der Waals surface area (Å²) in [5.74, 6) is 0.117. The van der Waals surface area contributed by atoms with Crippen molar-refractivity contribution in [2.45, 2.75) is 44.9 Å². The molecule has 1 N–H and O–H groups in total. The largest absolute Gasteiger partial charge is 0.497 e. The fraction of sp³-hybridized carbons (Fsp3) is 0.562. The van der Waals surface area contributed by atoms with Crippen molar-refractivity contribution in [1.82, 2.24) is 0 Å². The molecule has 1 aliphatic rings. The van der Waals surface area contributed by atoms with E-state index in [1.807, 2.05) is 18.2 Å². The van der Waals surface area contributed by atoms with Gasteiger partial charge in [-0.1, -0.05) is 41.6 Å². The Morgan fingerprint density at radius 1 is 1.30 bits per heavy atom. The third-order valence-corrected chi connectivity index (χ3v) is 5.07. The van der Waals surface area contributed by atoms with E-state index in [4.69, 9.17) is 4.74 Å². The van der Waals surface area contributed by atoms with Gasteiger partial charge < -0.3 is 9.84 Å². The van der Waals surface area contributed by atoms with Crippen LogP contribution in [0, 0.1) is 5.41 Å². The van der Waals surface area contributed by atoms with Crippen molar-refractivity contribution in [2.24, 2.45) is 5.41 Å². The highest BCUT2D eigenvalue weighted by Gasteiger charge is 2.39. The van der Waals surface area contributed by atoms with Crippen LogP contribution in [-0.2, 0) is 11.2 Å². The number of methoxy groups -OCH3 is 1. The Morgan fingerprint density at radius 3 is 2.50 bits per heavy atom. The van der Waals surface area contributed by atoms with Crippen LogP contribution in [0.5, 0.6) is 5.75 Å². The quantitative estimate of drug-likeness (QED) is 0.825. The Morgan fingerprint density at radius 2 is 1.95 bits per heavy atom. The van der Waals surface area contributed by atoms with Crippen LogP contribution in [0.2, 0.25) is 0 Å². The lowest BCUT2D eigenvalue weighted by Gasteiger charge is -2.28. The molecular formula is C16H21BrO3. The van der Waals surface area contributed by atoms with Gasteiger partial charge in [0.15, 0.2) is 0 Å². The third kappa shape index (κ3) is 3.35. The van der Waals surface area contributed by atoms with Gasteiger partial charge in [-0.05, 0) is 43.0 Å². The van der Waals surface area contributed by atoms with Crippen LogP contribution in [0.1, 0.15) is 44.1 Å². The van der Waals surface area contributed by atoms with Crippen molar-refractivity contribution >= 4 is 21.9 Å². The number of halogens is 1. The van der Waals surface area contributed by atoms with Gasteiger partial charge in [0.05, 0.1) is 12.5 Å². The Kier molecular flexibility index (Phi) is 5.08. The van der Waals surface area contributed by atoms with Gasteiger partial charge in [-0.15, -0.1) is 0 Å². The van der Waals surface area contributed by atoms with Crippen LogP contribution < -0.4 is 4.74 Å². The topological polar surface area (TPSA) is 46.5 Å². The molecule has 1 saturated carbocycles. The molecule has 4 heteroatoms. The standard InChI is InChI=1S/C16H21BrO3/c1-20-13-6-7-14(17)12(10-13)11-16(15(18)19)8-4-2-3-5-9-16/h6-7,10H,2-5,8-9,11H2,1H3,(H,18,19). The highest BCUT2D eigenvalue weighted by molar-refractivity contribution is 9.10. The molecule has 0 bridgehead atoms. The summed E-state index contributed by atoms with van der Waals surface area (Å²) in [4.78, 5) is 11.9. The molecule has 0 atom stereocenters. The van der Waals surface area contributed by atoms with Crippen molar-refractivity contribution in [3.8, 4) is 5.75 Å². The van der Waals surface area contributed by atoms with Crippen molar-refractivity contribution < 1.29 is 14.6 Å². The van der Waals surface area contributed by atoms with E-state index in [-0.39, 0.29) is 0 Å². The predicted octanol–water partition coefficient (Wildman–Crippen LogP) is 4.43. The van der Waals surface area contributed by atoms with E-state index >= 15 is 0 Å². The number of hydrogen-bond donors (Lipinski definition) is 1. The molecule has 110 valence electrons. The highest BCUT2D eigenvalue weighted by Crippen LogP contribution is 2.40. The summed E-state index contributed by atoms with van der Waals surface area (Å²) < 4.78 is 6.21. The average molecular weight is 341 g/mol. The number of carboxylic acids is 1. The van der Waals surface area contributed by atoms with Crippen molar-refractivity contribution in [3.05, 3.63) is 28.2 Å². The van der Waals surface area contributed by atoms with Gasteiger partial charge in [0, 0.05) is 4.47 Å². The molecule has 1 aromatic rings. The van der Waals surface area contributed by atoms with Gasteiger partial charge in [0.25, 0.3) is 0 Å². The maximum atomic E-state index is 11.9. The van der Waals surface area contributed by atoms with Crippen molar-refractivity contribution in [3.63, 3.8) is 0 Å². The van der Waals surface area contributed by atoms with Crippen LogP contribution in [0.4, 0.5) is 0 Å². The smallest absolute Gasteiger partial charge is 0.309 e. The molecule has 0 aliphatic heterocycles. The second kappa shape index (κ2) is 6.61. The van der Waals surface area contributed by atoms with Gasteiger partial charge in [0.1, 0.15) is 5.75 Å². The number of carbonyl (C=O) groups is 1. The fourth-order valence-corrected chi connectivity index (χ4v) is 3.44. The average Bonchev–Trinajstić information content (AvgIpc) is 2.68. The maximum absolute atomic E-state index is 11.9. The lowest BCUT2D eigenvalue weighted by Crippen LogP contribution is -2.33. The molecule has 0 radical (unpaired) electrons. The number of benzene rings is 1. The number of carboxylic acid groups (broad SMARTS) is 1. The van der Waals surface area contributed by atoms with Gasteiger partial charge in [-0.3, -0.25) is 4.79 Å². The molecule has 0 amide bonds. The number of ether oxygens (including phenoxy) is 1. The van der Waals surface area contributed by atoms with E-state index in [0.29, 0.717) is 6.42 Å². The number of hydrogen-bond acceptors (Lipinski definition) is 2. The normalized spacial score (nSPS) is 18.3. The predicted molar refractivity (Wildman–Crippen MR) is 82.2 cm³/mol.